The summed E-state index contributed by atoms with van der Waals surface area (Å²) in [5.41, 5.74) is 4.65. The van der Waals surface area contributed by atoms with Crippen molar-refractivity contribution in [2.45, 2.75) is 19.4 Å². The summed E-state index contributed by atoms with van der Waals surface area (Å²) in [5, 5.41) is 1.02. The fourth-order valence-electron chi connectivity index (χ4n) is 4.40. The molecule has 0 radical (unpaired) electrons. The zero-order chi connectivity index (χ0) is 21.5. The zero-order valence-electron chi connectivity index (χ0n) is 17.6. The van der Waals surface area contributed by atoms with Gasteiger partial charge in [-0.05, 0) is 61.8 Å². The van der Waals surface area contributed by atoms with Gasteiger partial charge in [-0.25, -0.2) is 4.98 Å². The molecule has 3 aromatic heterocycles. The molecule has 0 saturated carbocycles. The molecule has 0 aliphatic carbocycles. The number of hydrogen-bond acceptors (Lipinski definition) is 5. The maximum absolute atomic E-state index is 13.3. The van der Waals surface area contributed by atoms with Gasteiger partial charge in [0.15, 0.2) is 0 Å². The monoisotopic (exact) mass is 438 g/mol. The molecule has 0 amide bonds. The third kappa shape index (κ3) is 3.51. The molecule has 32 heavy (non-hydrogen) atoms. The predicted molar refractivity (Wildman–Crippen MR) is 130 cm³/mol. The van der Waals surface area contributed by atoms with E-state index in [1.807, 2.05) is 42.5 Å². The average molecular weight is 439 g/mol. The van der Waals surface area contributed by atoms with Gasteiger partial charge in [-0.2, -0.15) is 0 Å². The zero-order valence-corrected chi connectivity index (χ0v) is 18.4. The number of likely N-dealkylation sites (tertiary alicyclic amines) is 1. The number of benzene rings is 2. The Hall–Kier alpha value is -3.35. The maximum Gasteiger partial charge on any atom is 0.275 e. The lowest BCUT2D eigenvalue weighted by Gasteiger charge is -2.14. The van der Waals surface area contributed by atoms with E-state index < -0.39 is 0 Å². The van der Waals surface area contributed by atoms with Crippen LogP contribution in [0.15, 0.2) is 77.9 Å². The van der Waals surface area contributed by atoms with Gasteiger partial charge in [0.2, 0.25) is 0 Å². The van der Waals surface area contributed by atoms with Crippen LogP contribution < -0.4 is 5.56 Å². The van der Waals surface area contributed by atoms with E-state index in [9.17, 15) is 4.79 Å². The fourth-order valence-corrected chi connectivity index (χ4v) is 5.45. The predicted octanol–water partition coefficient (Wildman–Crippen LogP) is 5.26. The first-order valence-corrected chi connectivity index (χ1v) is 11.8. The Balaban J connectivity index is 1.36. The lowest BCUT2D eigenvalue weighted by Crippen LogP contribution is -2.19. The molecule has 0 N–H and O–H groups in total. The van der Waals surface area contributed by atoms with Gasteiger partial charge in [0.05, 0.1) is 22.4 Å². The van der Waals surface area contributed by atoms with Gasteiger partial charge in [0.25, 0.3) is 5.56 Å². The molecule has 0 unspecified atom stereocenters. The van der Waals surface area contributed by atoms with E-state index in [2.05, 4.69) is 34.1 Å². The molecule has 1 aliphatic heterocycles. The van der Waals surface area contributed by atoms with Crippen molar-refractivity contribution in [3.05, 3.63) is 89.1 Å². The molecule has 1 saturated heterocycles. The maximum atomic E-state index is 13.3. The van der Waals surface area contributed by atoms with Crippen LogP contribution in [0.3, 0.4) is 0 Å². The first-order chi connectivity index (χ1) is 15.7. The van der Waals surface area contributed by atoms with E-state index in [4.69, 9.17) is 4.98 Å². The summed E-state index contributed by atoms with van der Waals surface area (Å²) in [7, 11) is 0. The van der Waals surface area contributed by atoms with Crippen LogP contribution >= 0.6 is 11.3 Å². The Bertz CT molecular complexity index is 1480. The van der Waals surface area contributed by atoms with Crippen LogP contribution in [0.25, 0.3) is 37.2 Å². The standard InChI is InChI=1S/C26H22N4OS/c31-26-25-23(15-24(32-25)18-6-2-1-3-7-18)27-17-30(26)21-10-11-22-19(14-21)8-9-20(28-22)16-29-12-4-5-13-29/h1-3,6-11,14-15,17H,4-5,12-13,16H2. The van der Waals surface area contributed by atoms with Crippen LogP contribution in [0, 0.1) is 0 Å². The van der Waals surface area contributed by atoms with E-state index >= 15 is 0 Å². The minimum atomic E-state index is -0.0415. The van der Waals surface area contributed by atoms with Crippen LogP contribution in [0.5, 0.6) is 0 Å². The van der Waals surface area contributed by atoms with Gasteiger partial charge in [0, 0.05) is 16.8 Å². The summed E-state index contributed by atoms with van der Waals surface area (Å²) in [6.45, 7) is 3.22. The molecule has 4 heterocycles. The first kappa shape index (κ1) is 19.3. The number of nitrogens with zero attached hydrogens (tertiary/aromatic N) is 4. The summed E-state index contributed by atoms with van der Waals surface area (Å²) < 4.78 is 2.30. The molecule has 158 valence electrons. The number of hydrogen-bond donors (Lipinski definition) is 0. The quantitative estimate of drug-likeness (QED) is 0.384. The lowest BCUT2D eigenvalue weighted by molar-refractivity contribution is 0.327. The molecule has 0 bridgehead atoms. The molecular formula is C26H22N4OS. The number of rotatable bonds is 4. The van der Waals surface area contributed by atoms with Crippen LogP contribution in [0.4, 0.5) is 0 Å². The molecular weight excluding hydrogens is 416 g/mol. The van der Waals surface area contributed by atoms with Gasteiger partial charge in [-0.1, -0.05) is 36.4 Å². The summed E-state index contributed by atoms with van der Waals surface area (Å²) in [6.07, 6.45) is 4.19. The van der Waals surface area contributed by atoms with Crippen molar-refractivity contribution < 1.29 is 0 Å². The Morgan fingerprint density at radius 1 is 0.906 bits per heavy atom. The van der Waals surface area contributed by atoms with Crippen molar-refractivity contribution in [2.75, 3.05) is 13.1 Å². The van der Waals surface area contributed by atoms with Crippen LogP contribution in [-0.2, 0) is 6.54 Å². The van der Waals surface area contributed by atoms with Crippen LogP contribution in [0.1, 0.15) is 18.5 Å². The molecule has 6 heteroatoms. The number of pyridine rings is 1. The largest absolute Gasteiger partial charge is 0.298 e. The Kier molecular flexibility index (Phi) is 4.82. The van der Waals surface area contributed by atoms with Crippen LogP contribution in [-0.4, -0.2) is 32.5 Å². The van der Waals surface area contributed by atoms with Gasteiger partial charge in [-0.15, -0.1) is 11.3 Å². The van der Waals surface area contributed by atoms with E-state index in [0.29, 0.717) is 4.70 Å². The fraction of sp³-hybridized carbons (Fsp3) is 0.192. The topological polar surface area (TPSA) is 51.0 Å². The Morgan fingerprint density at radius 2 is 1.75 bits per heavy atom. The molecule has 0 atom stereocenters. The van der Waals surface area contributed by atoms with E-state index in [1.165, 1.54) is 24.2 Å². The highest BCUT2D eigenvalue weighted by atomic mass is 32.1. The molecule has 5 aromatic rings. The van der Waals surface area contributed by atoms with Gasteiger partial charge < -0.3 is 0 Å². The second-order valence-electron chi connectivity index (χ2n) is 8.27. The van der Waals surface area contributed by atoms with E-state index in [-0.39, 0.29) is 5.56 Å². The molecule has 1 aliphatic rings. The molecule has 5 nitrogen and oxygen atoms in total. The third-order valence-electron chi connectivity index (χ3n) is 6.09. The lowest BCUT2D eigenvalue weighted by atomic mass is 10.1. The molecule has 2 aromatic carbocycles. The minimum Gasteiger partial charge on any atom is -0.298 e. The highest BCUT2D eigenvalue weighted by Gasteiger charge is 2.14. The van der Waals surface area contributed by atoms with Crippen molar-refractivity contribution in [3.8, 4) is 16.1 Å². The first-order valence-electron chi connectivity index (χ1n) is 10.9. The van der Waals surface area contributed by atoms with E-state index in [0.717, 1.165) is 57.9 Å². The Morgan fingerprint density at radius 3 is 2.59 bits per heavy atom. The summed E-state index contributed by atoms with van der Waals surface area (Å²) in [5.74, 6) is 0. The molecule has 0 spiro atoms. The highest BCUT2D eigenvalue weighted by molar-refractivity contribution is 7.22. The Labute approximate surface area is 189 Å². The van der Waals surface area contributed by atoms with Crippen molar-refractivity contribution in [3.63, 3.8) is 0 Å². The normalized spacial score (nSPS) is 14.5. The van der Waals surface area contributed by atoms with E-state index in [1.54, 1.807) is 10.9 Å². The average Bonchev–Trinajstić information content (AvgIpc) is 3.50. The molecule has 6 rings (SSSR count). The number of thiophene rings is 1. The van der Waals surface area contributed by atoms with Crippen molar-refractivity contribution in [1.82, 2.24) is 19.4 Å². The summed E-state index contributed by atoms with van der Waals surface area (Å²) in [6, 6.07) is 22.3. The van der Waals surface area contributed by atoms with Gasteiger partial charge in [0.1, 0.15) is 11.0 Å². The van der Waals surface area contributed by atoms with Crippen molar-refractivity contribution in [2.24, 2.45) is 0 Å². The second-order valence-corrected chi connectivity index (χ2v) is 9.33. The van der Waals surface area contributed by atoms with Crippen molar-refractivity contribution >= 4 is 32.5 Å². The smallest absolute Gasteiger partial charge is 0.275 e. The minimum absolute atomic E-state index is 0.0415. The summed E-state index contributed by atoms with van der Waals surface area (Å²) >= 11 is 1.49. The van der Waals surface area contributed by atoms with Gasteiger partial charge >= 0.3 is 0 Å². The van der Waals surface area contributed by atoms with Crippen LogP contribution in [0.2, 0.25) is 0 Å². The SMILES string of the molecule is O=c1c2sc(-c3ccccc3)cc2ncn1-c1ccc2nc(CN3CCCC3)ccc2c1. The highest BCUT2D eigenvalue weighted by Crippen LogP contribution is 2.30. The van der Waals surface area contributed by atoms with Gasteiger partial charge in [-0.3, -0.25) is 19.2 Å². The number of fused-ring (bicyclic) bond motifs is 2. The van der Waals surface area contributed by atoms with Crippen molar-refractivity contribution in [1.29, 1.82) is 0 Å². The molecule has 1 fully saturated rings. The third-order valence-corrected chi connectivity index (χ3v) is 7.25. The summed E-state index contributed by atoms with van der Waals surface area (Å²) in [4.78, 5) is 26.2. The number of aromatic nitrogens is 3. The second kappa shape index (κ2) is 7.97.